The van der Waals surface area contributed by atoms with Crippen LogP contribution in [0.1, 0.15) is 25.7 Å². The molecule has 1 aliphatic rings. The summed E-state index contributed by atoms with van der Waals surface area (Å²) in [6, 6.07) is 4.04. The number of rotatable bonds is 5. The van der Waals surface area contributed by atoms with E-state index in [-0.39, 0.29) is 12.1 Å². The molecule has 154 valence electrons. The van der Waals surface area contributed by atoms with Crippen molar-refractivity contribution in [3.63, 3.8) is 0 Å². The van der Waals surface area contributed by atoms with Gasteiger partial charge in [-0.2, -0.15) is 8.78 Å². The average molecular weight is 411 g/mol. The molecular formula is C20H19F2N7O. The molecule has 0 aliphatic heterocycles. The first-order chi connectivity index (χ1) is 14.7. The number of alkyl halides is 2. The van der Waals surface area contributed by atoms with Gasteiger partial charge >= 0.3 is 6.61 Å². The Morgan fingerprint density at radius 1 is 1.03 bits per heavy atom. The van der Waals surface area contributed by atoms with Crippen LogP contribution in [-0.2, 0) is 4.74 Å². The van der Waals surface area contributed by atoms with Crippen molar-refractivity contribution < 1.29 is 13.5 Å². The molecule has 1 aliphatic carbocycles. The van der Waals surface area contributed by atoms with E-state index in [1.165, 1.54) is 0 Å². The first-order valence-corrected chi connectivity index (χ1v) is 9.77. The van der Waals surface area contributed by atoms with Gasteiger partial charge in [0, 0.05) is 42.0 Å². The van der Waals surface area contributed by atoms with Gasteiger partial charge in [0.2, 0.25) is 5.95 Å². The summed E-state index contributed by atoms with van der Waals surface area (Å²) in [5, 5.41) is 7.84. The lowest BCUT2D eigenvalue weighted by molar-refractivity contribution is -0.169. The first-order valence-electron chi connectivity index (χ1n) is 9.77. The molecule has 0 atom stereocenters. The summed E-state index contributed by atoms with van der Waals surface area (Å²) < 4.78 is 31.1. The van der Waals surface area contributed by atoms with Crippen LogP contribution in [-0.4, -0.2) is 48.3 Å². The van der Waals surface area contributed by atoms with Crippen LogP contribution >= 0.6 is 0 Å². The molecule has 0 spiro atoms. The number of pyridine rings is 1. The van der Waals surface area contributed by atoms with E-state index in [0.717, 1.165) is 35.0 Å². The van der Waals surface area contributed by atoms with E-state index in [0.29, 0.717) is 24.4 Å². The van der Waals surface area contributed by atoms with Gasteiger partial charge in [-0.25, -0.2) is 19.5 Å². The van der Waals surface area contributed by atoms with Gasteiger partial charge < -0.3 is 10.1 Å². The van der Waals surface area contributed by atoms with E-state index in [2.05, 4.69) is 35.1 Å². The Bertz CT molecular complexity index is 1170. The normalized spacial score (nSPS) is 19.6. The molecule has 0 unspecified atom stereocenters. The summed E-state index contributed by atoms with van der Waals surface area (Å²) in [6.45, 7) is -2.71. The van der Waals surface area contributed by atoms with E-state index >= 15 is 0 Å². The lowest BCUT2D eigenvalue weighted by Crippen LogP contribution is -2.31. The fourth-order valence-corrected chi connectivity index (χ4v) is 3.89. The molecule has 8 nitrogen and oxygen atoms in total. The molecule has 0 saturated heterocycles. The molecule has 0 amide bonds. The number of hydrogen-bond acceptors (Lipinski definition) is 7. The third-order valence-electron chi connectivity index (χ3n) is 5.35. The van der Waals surface area contributed by atoms with Gasteiger partial charge in [0.1, 0.15) is 5.52 Å². The second-order valence-corrected chi connectivity index (χ2v) is 7.28. The minimum Gasteiger partial charge on any atom is -0.350 e. The molecule has 0 radical (unpaired) electrons. The Kier molecular flexibility index (Phi) is 4.91. The van der Waals surface area contributed by atoms with Gasteiger partial charge in [-0.05, 0) is 37.8 Å². The number of hydrogen-bond donors (Lipinski definition) is 1. The molecular weight excluding hydrogens is 392 g/mol. The van der Waals surface area contributed by atoms with Crippen molar-refractivity contribution in [1.29, 1.82) is 0 Å². The highest BCUT2D eigenvalue weighted by Gasteiger charge is 2.24. The van der Waals surface area contributed by atoms with Crippen LogP contribution in [0.4, 0.5) is 14.7 Å². The third-order valence-corrected chi connectivity index (χ3v) is 5.35. The van der Waals surface area contributed by atoms with Crippen LogP contribution < -0.4 is 5.32 Å². The lowest BCUT2D eigenvalue weighted by Gasteiger charge is -2.28. The molecule has 4 heterocycles. The van der Waals surface area contributed by atoms with Crippen molar-refractivity contribution in [1.82, 2.24) is 29.5 Å². The first kappa shape index (κ1) is 18.7. The number of nitrogens with zero attached hydrogens (tertiary/aromatic N) is 6. The Hall–Kier alpha value is -3.27. The maximum Gasteiger partial charge on any atom is 0.345 e. The molecule has 0 bridgehead atoms. The van der Waals surface area contributed by atoms with Crippen molar-refractivity contribution in [2.45, 2.75) is 44.4 Å². The number of fused-ring (bicyclic) bond motifs is 2. The van der Waals surface area contributed by atoms with Gasteiger partial charge in [0.05, 0.1) is 17.8 Å². The highest BCUT2D eigenvalue weighted by molar-refractivity contribution is 5.84. The Morgan fingerprint density at radius 3 is 2.70 bits per heavy atom. The highest BCUT2D eigenvalue weighted by Crippen LogP contribution is 2.27. The highest BCUT2D eigenvalue weighted by atomic mass is 19.3. The van der Waals surface area contributed by atoms with Crippen molar-refractivity contribution in [3.05, 3.63) is 43.1 Å². The quantitative estimate of drug-likeness (QED) is 0.536. The Balaban J connectivity index is 1.33. The average Bonchev–Trinajstić information content (AvgIpc) is 3.18. The number of halogens is 2. The van der Waals surface area contributed by atoms with Crippen LogP contribution in [0.25, 0.3) is 27.8 Å². The molecule has 4 aromatic rings. The van der Waals surface area contributed by atoms with Crippen LogP contribution in [0, 0.1) is 0 Å². The zero-order valence-electron chi connectivity index (χ0n) is 15.9. The zero-order valence-corrected chi connectivity index (χ0v) is 15.9. The topological polar surface area (TPSA) is 90.1 Å². The minimum atomic E-state index is -2.71. The third kappa shape index (κ3) is 3.78. The molecule has 4 aromatic heterocycles. The van der Waals surface area contributed by atoms with Gasteiger partial charge in [0.15, 0.2) is 5.65 Å². The largest absolute Gasteiger partial charge is 0.350 e. The maximum absolute atomic E-state index is 12.3. The second-order valence-electron chi connectivity index (χ2n) is 7.28. The second kappa shape index (κ2) is 7.86. The van der Waals surface area contributed by atoms with Crippen molar-refractivity contribution in [2.75, 3.05) is 5.32 Å². The summed E-state index contributed by atoms with van der Waals surface area (Å²) in [4.78, 5) is 17.3. The summed E-state index contributed by atoms with van der Waals surface area (Å²) in [6.07, 6.45) is 10.9. The zero-order chi connectivity index (χ0) is 20.5. The smallest absolute Gasteiger partial charge is 0.345 e. The molecule has 30 heavy (non-hydrogen) atoms. The van der Waals surface area contributed by atoms with Crippen LogP contribution in [0.3, 0.4) is 0 Å². The number of anilines is 1. The number of ether oxygens (including phenoxy) is 1. The van der Waals surface area contributed by atoms with Gasteiger partial charge in [-0.1, -0.05) is 0 Å². The van der Waals surface area contributed by atoms with E-state index in [1.807, 2.05) is 18.3 Å². The van der Waals surface area contributed by atoms with E-state index in [1.54, 1.807) is 29.3 Å². The molecule has 0 aromatic carbocycles. The molecule has 1 fully saturated rings. The molecule has 5 rings (SSSR count). The number of aromatic nitrogens is 6. The summed E-state index contributed by atoms with van der Waals surface area (Å²) in [7, 11) is 0. The number of nitrogens with one attached hydrogen (secondary N) is 1. The van der Waals surface area contributed by atoms with Gasteiger partial charge in [-0.3, -0.25) is 4.98 Å². The van der Waals surface area contributed by atoms with Gasteiger partial charge in [0.25, 0.3) is 0 Å². The monoisotopic (exact) mass is 411 g/mol. The van der Waals surface area contributed by atoms with Crippen LogP contribution in [0.5, 0.6) is 0 Å². The standard InChI is InChI=1S/C20H19F2N7O/c21-19(22)30-14-3-1-13(2-4-14)27-20-26-11-17-15(5-8-29(17)28-20)12-9-16-18(25-10-12)24-7-6-23-16/h5-11,13-14,19H,1-4H2,(H,27,28)/t13-,14+. The Labute approximate surface area is 170 Å². The molecule has 10 heteroatoms. The van der Waals surface area contributed by atoms with E-state index in [9.17, 15) is 8.78 Å². The predicted molar refractivity (Wildman–Crippen MR) is 106 cm³/mol. The fraction of sp³-hybridized carbons (Fsp3) is 0.350. The van der Waals surface area contributed by atoms with E-state index < -0.39 is 6.61 Å². The molecule has 1 N–H and O–H groups in total. The van der Waals surface area contributed by atoms with Crippen LogP contribution in [0.2, 0.25) is 0 Å². The van der Waals surface area contributed by atoms with Gasteiger partial charge in [-0.15, -0.1) is 5.10 Å². The predicted octanol–water partition coefficient (Wildman–Crippen LogP) is 3.70. The molecule has 1 saturated carbocycles. The van der Waals surface area contributed by atoms with Crippen molar-refractivity contribution in [2.24, 2.45) is 0 Å². The maximum atomic E-state index is 12.3. The van der Waals surface area contributed by atoms with E-state index in [4.69, 9.17) is 0 Å². The fourth-order valence-electron chi connectivity index (χ4n) is 3.89. The minimum absolute atomic E-state index is 0.137. The lowest BCUT2D eigenvalue weighted by atomic mass is 9.93. The Morgan fingerprint density at radius 2 is 1.87 bits per heavy atom. The van der Waals surface area contributed by atoms with Crippen molar-refractivity contribution >= 4 is 22.6 Å². The summed E-state index contributed by atoms with van der Waals surface area (Å²) >= 11 is 0. The summed E-state index contributed by atoms with van der Waals surface area (Å²) in [5.41, 5.74) is 4.03. The SMILES string of the molecule is FC(F)O[C@H]1CC[C@@H](Nc2ncc3c(-c4cnc5nccnc5c4)ccn3n2)CC1. The van der Waals surface area contributed by atoms with Crippen molar-refractivity contribution in [3.8, 4) is 11.1 Å². The summed E-state index contributed by atoms with van der Waals surface area (Å²) in [5.74, 6) is 0.505. The van der Waals surface area contributed by atoms with Crippen LogP contribution in [0.15, 0.2) is 43.1 Å².